The molecule has 0 radical (unpaired) electrons. The summed E-state index contributed by atoms with van der Waals surface area (Å²) in [5.74, 6) is 2.04. The highest BCUT2D eigenvalue weighted by molar-refractivity contribution is 5.73. The Morgan fingerprint density at radius 3 is 3.00 bits per heavy atom. The Morgan fingerprint density at radius 1 is 1.20 bits per heavy atom. The third kappa shape index (κ3) is 2.11. The Balaban J connectivity index is 1.39. The van der Waals surface area contributed by atoms with E-state index in [1.54, 1.807) is 12.4 Å². The monoisotopic (exact) mass is 265 g/mol. The molecule has 1 aliphatic rings. The Labute approximate surface area is 116 Å². The SMILES string of the molecule is c1ccc([C@H]2C[C@@H]2CNc2ncc3[nH]ncc3n2)cc1. The molecule has 100 valence electrons. The van der Waals surface area contributed by atoms with Gasteiger partial charge in [0.25, 0.3) is 0 Å². The van der Waals surface area contributed by atoms with Gasteiger partial charge in [0.2, 0.25) is 5.95 Å². The molecule has 20 heavy (non-hydrogen) atoms. The molecule has 2 N–H and O–H groups in total. The summed E-state index contributed by atoms with van der Waals surface area (Å²) in [7, 11) is 0. The van der Waals surface area contributed by atoms with Gasteiger partial charge in [-0.3, -0.25) is 5.10 Å². The summed E-state index contributed by atoms with van der Waals surface area (Å²) in [5, 5.41) is 10.1. The van der Waals surface area contributed by atoms with Crippen molar-refractivity contribution in [1.82, 2.24) is 20.2 Å². The van der Waals surface area contributed by atoms with Gasteiger partial charge < -0.3 is 5.32 Å². The lowest BCUT2D eigenvalue weighted by molar-refractivity contribution is 0.835. The van der Waals surface area contributed by atoms with Gasteiger partial charge in [-0.05, 0) is 23.8 Å². The number of fused-ring (bicyclic) bond motifs is 1. The first kappa shape index (κ1) is 11.4. The van der Waals surface area contributed by atoms with E-state index in [0.29, 0.717) is 17.8 Å². The van der Waals surface area contributed by atoms with Crippen LogP contribution in [0.15, 0.2) is 42.7 Å². The van der Waals surface area contributed by atoms with Crippen LogP contribution in [0, 0.1) is 5.92 Å². The lowest BCUT2D eigenvalue weighted by Crippen LogP contribution is -2.07. The van der Waals surface area contributed by atoms with Crippen LogP contribution in [0.2, 0.25) is 0 Å². The fourth-order valence-corrected chi connectivity index (χ4v) is 2.63. The summed E-state index contributed by atoms with van der Waals surface area (Å²) in [5.41, 5.74) is 3.15. The summed E-state index contributed by atoms with van der Waals surface area (Å²) in [4.78, 5) is 8.70. The number of hydrogen-bond donors (Lipinski definition) is 2. The van der Waals surface area contributed by atoms with E-state index >= 15 is 0 Å². The highest BCUT2D eigenvalue weighted by Gasteiger charge is 2.37. The normalized spacial score (nSPS) is 21.0. The van der Waals surface area contributed by atoms with E-state index in [4.69, 9.17) is 0 Å². The van der Waals surface area contributed by atoms with Crippen molar-refractivity contribution < 1.29 is 0 Å². The zero-order chi connectivity index (χ0) is 13.4. The average Bonchev–Trinajstić information content (AvgIpc) is 3.13. The zero-order valence-corrected chi connectivity index (χ0v) is 11.0. The van der Waals surface area contributed by atoms with Crippen LogP contribution >= 0.6 is 0 Å². The maximum absolute atomic E-state index is 4.42. The van der Waals surface area contributed by atoms with Crippen molar-refractivity contribution in [1.29, 1.82) is 0 Å². The summed E-state index contributed by atoms with van der Waals surface area (Å²) < 4.78 is 0. The molecule has 2 aromatic heterocycles. The van der Waals surface area contributed by atoms with Crippen molar-refractivity contribution >= 4 is 17.0 Å². The van der Waals surface area contributed by atoms with Crippen LogP contribution in [0.5, 0.6) is 0 Å². The fraction of sp³-hybridized carbons (Fsp3) is 0.267. The van der Waals surface area contributed by atoms with Crippen LogP contribution in [0.3, 0.4) is 0 Å². The molecule has 1 aromatic carbocycles. The van der Waals surface area contributed by atoms with Gasteiger partial charge in [0.1, 0.15) is 11.0 Å². The van der Waals surface area contributed by atoms with Crippen molar-refractivity contribution in [2.45, 2.75) is 12.3 Å². The third-order valence-corrected chi connectivity index (χ3v) is 3.86. The molecule has 5 nitrogen and oxygen atoms in total. The van der Waals surface area contributed by atoms with E-state index < -0.39 is 0 Å². The number of aromatic amines is 1. The van der Waals surface area contributed by atoms with Crippen molar-refractivity contribution in [2.75, 3.05) is 11.9 Å². The molecular formula is C15H15N5. The quantitative estimate of drug-likeness (QED) is 0.761. The molecular weight excluding hydrogens is 250 g/mol. The van der Waals surface area contributed by atoms with E-state index in [0.717, 1.165) is 17.6 Å². The van der Waals surface area contributed by atoms with E-state index in [-0.39, 0.29) is 0 Å². The topological polar surface area (TPSA) is 66.5 Å². The zero-order valence-electron chi connectivity index (χ0n) is 11.0. The van der Waals surface area contributed by atoms with Gasteiger partial charge in [-0.2, -0.15) is 5.10 Å². The first-order valence-corrected chi connectivity index (χ1v) is 6.85. The Bertz CT molecular complexity index is 721. The minimum absolute atomic E-state index is 0.678. The summed E-state index contributed by atoms with van der Waals surface area (Å²) in [6.07, 6.45) is 4.72. The standard InChI is InChI=1S/C15H15N5/c1-2-4-10(5-3-1)12-6-11(12)7-16-15-17-8-14-13(19-15)9-18-20-14/h1-5,8-9,11-12H,6-7H2,(H,18,20)(H,16,17,19)/t11-,12-/m1/s1. The molecule has 0 bridgehead atoms. The van der Waals surface area contributed by atoms with E-state index in [1.165, 1.54) is 12.0 Å². The predicted molar refractivity (Wildman–Crippen MR) is 77.5 cm³/mol. The number of aromatic nitrogens is 4. The van der Waals surface area contributed by atoms with Crippen molar-refractivity contribution in [3.8, 4) is 0 Å². The average molecular weight is 265 g/mol. The Hall–Kier alpha value is -2.43. The minimum atomic E-state index is 0.678. The summed E-state index contributed by atoms with van der Waals surface area (Å²) >= 11 is 0. The minimum Gasteiger partial charge on any atom is -0.354 e. The molecule has 0 unspecified atom stereocenters. The van der Waals surface area contributed by atoms with Gasteiger partial charge in [-0.15, -0.1) is 0 Å². The first-order chi connectivity index (χ1) is 9.90. The van der Waals surface area contributed by atoms with E-state index in [1.807, 2.05) is 0 Å². The van der Waals surface area contributed by atoms with Gasteiger partial charge >= 0.3 is 0 Å². The lowest BCUT2D eigenvalue weighted by Gasteiger charge is -2.04. The molecule has 1 aliphatic carbocycles. The lowest BCUT2D eigenvalue weighted by atomic mass is 10.1. The highest BCUT2D eigenvalue weighted by Crippen LogP contribution is 2.47. The van der Waals surface area contributed by atoms with Crippen LogP contribution in [0.4, 0.5) is 5.95 Å². The molecule has 0 amide bonds. The molecule has 2 heterocycles. The number of H-pyrrole nitrogens is 1. The van der Waals surface area contributed by atoms with Crippen molar-refractivity contribution in [3.05, 3.63) is 48.3 Å². The smallest absolute Gasteiger partial charge is 0.223 e. The van der Waals surface area contributed by atoms with Gasteiger partial charge in [-0.25, -0.2) is 9.97 Å². The van der Waals surface area contributed by atoms with Gasteiger partial charge in [-0.1, -0.05) is 30.3 Å². The van der Waals surface area contributed by atoms with Gasteiger partial charge in [0, 0.05) is 6.54 Å². The maximum atomic E-state index is 4.42. The molecule has 2 atom stereocenters. The summed E-state index contributed by atoms with van der Waals surface area (Å²) in [6.45, 7) is 0.920. The van der Waals surface area contributed by atoms with Crippen LogP contribution in [-0.4, -0.2) is 26.7 Å². The van der Waals surface area contributed by atoms with Crippen LogP contribution in [-0.2, 0) is 0 Å². The molecule has 5 heteroatoms. The predicted octanol–water partition coefficient (Wildman–Crippen LogP) is 2.57. The molecule has 0 aliphatic heterocycles. The highest BCUT2D eigenvalue weighted by atomic mass is 15.2. The first-order valence-electron chi connectivity index (χ1n) is 6.85. The Kier molecular flexibility index (Phi) is 2.62. The molecule has 0 spiro atoms. The molecule has 3 aromatic rings. The fourth-order valence-electron chi connectivity index (χ4n) is 2.63. The van der Waals surface area contributed by atoms with Gasteiger partial charge in [0.05, 0.1) is 12.4 Å². The number of nitrogens with zero attached hydrogens (tertiary/aromatic N) is 3. The van der Waals surface area contributed by atoms with E-state index in [9.17, 15) is 0 Å². The Morgan fingerprint density at radius 2 is 2.10 bits per heavy atom. The number of hydrogen-bond acceptors (Lipinski definition) is 4. The molecule has 1 fully saturated rings. The van der Waals surface area contributed by atoms with Crippen LogP contribution in [0.1, 0.15) is 17.9 Å². The van der Waals surface area contributed by atoms with Gasteiger partial charge in [0.15, 0.2) is 0 Å². The number of rotatable bonds is 4. The molecule has 4 rings (SSSR count). The number of benzene rings is 1. The second kappa shape index (κ2) is 4.59. The van der Waals surface area contributed by atoms with E-state index in [2.05, 4.69) is 55.8 Å². The van der Waals surface area contributed by atoms with Crippen LogP contribution < -0.4 is 5.32 Å². The maximum Gasteiger partial charge on any atom is 0.223 e. The second-order valence-electron chi connectivity index (χ2n) is 5.26. The van der Waals surface area contributed by atoms with Crippen molar-refractivity contribution in [2.24, 2.45) is 5.92 Å². The number of nitrogens with one attached hydrogen (secondary N) is 2. The number of anilines is 1. The van der Waals surface area contributed by atoms with Crippen LogP contribution in [0.25, 0.3) is 11.0 Å². The third-order valence-electron chi connectivity index (χ3n) is 3.86. The molecule has 1 saturated carbocycles. The van der Waals surface area contributed by atoms with Crippen molar-refractivity contribution in [3.63, 3.8) is 0 Å². The second-order valence-corrected chi connectivity index (χ2v) is 5.26. The summed E-state index contributed by atoms with van der Waals surface area (Å²) in [6, 6.07) is 10.7. The molecule has 0 saturated heterocycles. The largest absolute Gasteiger partial charge is 0.354 e.